The lowest BCUT2D eigenvalue weighted by Gasteiger charge is -2.23. The minimum Gasteiger partial charge on any atom is -0.0729 e. The van der Waals surface area contributed by atoms with Crippen LogP contribution in [0.5, 0.6) is 0 Å². The van der Waals surface area contributed by atoms with Crippen LogP contribution in [0.3, 0.4) is 0 Å². The normalized spacial score (nSPS) is 11.5. The molecule has 0 aliphatic rings. The lowest BCUT2D eigenvalue weighted by atomic mass is 9.82. The number of allylic oxidation sites excluding steroid dienone is 2. The van der Waals surface area contributed by atoms with Gasteiger partial charge in [0.2, 0.25) is 0 Å². The Balaban J connectivity index is 3.46. The standard InChI is InChI=1S/C17H26/c1-11(2)14(5)16-12(3)9-15(10-13(16)4)17(6,7)8/h9-10H,1-8H3. The summed E-state index contributed by atoms with van der Waals surface area (Å²) in [6.45, 7) is 17.9. The van der Waals surface area contributed by atoms with Crippen LogP contribution in [0.1, 0.15) is 63.8 Å². The number of hydrogen-bond donors (Lipinski definition) is 0. The fraction of sp³-hybridized carbons (Fsp3) is 0.529. The van der Waals surface area contributed by atoms with Crippen molar-refractivity contribution in [2.45, 2.75) is 60.8 Å². The van der Waals surface area contributed by atoms with E-state index in [1.807, 2.05) is 0 Å². The Morgan fingerprint density at radius 1 is 0.882 bits per heavy atom. The molecule has 0 radical (unpaired) electrons. The van der Waals surface area contributed by atoms with Gasteiger partial charge in [0, 0.05) is 0 Å². The van der Waals surface area contributed by atoms with Gasteiger partial charge in [-0.2, -0.15) is 0 Å². The first-order valence-electron chi connectivity index (χ1n) is 6.40. The molecular weight excluding hydrogens is 204 g/mol. The zero-order chi connectivity index (χ0) is 13.4. The van der Waals surface area contributed by atoms with Gasteiger partial charge in [-0.15, -0.1) is 0 Å². The predicted molar refractivity (Wildman–Crippen MR) is 78.6 cm³/mol. The number of rotatable bonds is 1. The fourth-order valence-corrected chi connectivity index (χ4v) is 2.24. The summed E-state index contributed by atoms with van der Waals surface area (Å²) in [6.07, 6.45) is 0. The second-order valence-corrected chi connectivity index (χ2v) is 6.36. The molecule has 0 aliphatic carbocycles. The van der Waals surface area contributed by atoms with Crippen LogP contribution in [-0.4, -0.2) is 0 Å². The summed E-state index contributed by atoms with van der Waals surface area (Å²) in [5.41, 5.74) is 8.70. The van der Waals surface area contributed by atoms with Gasteiger partial charge in [0.25, 0.3) is 0 Å². The summed E-state index contributed by atoms with van der Waals surface area (Å²) in [5.74, 6) is 0. The topological polar surface area (TPSA) is 0 Å². The van der Waals surface area contributed by atoms with E-state index in [9.17, 15) is 0 Å². The third-order valence-electron chi connectivity index (χ3n) is 3.52. The minimum absolute atomic E-state index is 0.229. The van der Waals surface area contributed by atoms with Gasteiger partial charge >= 0.3 is 0 Å². The van der Waals surface area contributed by atoms with E-state index in [1.165, 1.54) is 33.4 Å². The highest BCUT2D eigenvalue weighted by Gasteiger charge is 2.16. The number of aryl methyl sites for hydroxylation is 2. The molecule has 17 heavy (non-hydrogen) atoms. The smallest absolute Gasteiger partial charge is 0.0132 e. The van der Waals surface area contributed by atoms with Crippen molar-refractivity contribution in [1.82, 2.24) is 0 Å². The Labute approximate surface area is 107 Å². The Bertz CT molecular complexity index is 426. The van der Waals surface area contributed by atoms with Gasteiger partial charge in [0.05, 0.1) is 0 Å². The van der Waals surface area contributed by atoms with Crippen molar-refractivity contribution in [2.75, 3.05) is 0 Å². The van der Waals surface area contributed by atoms with Crippen LogP contribution in [0.2, 0.25) is 0 Å². The van der Waals surface area contributed by atoms with E-state index in [0.29, 0.717) is 0 Å². The Morgan fingerprint density at radius 2 is 1.29 bits per heavy atom. The molecule has 0 nitrogen and oxygen atoms in total. The molecule has 0 aromatic heterocycles. The van der Waals surface area contributed by atoms with Crippen LogP contribution in [-0.2, 0) is 5.41 Å². The maximum absolute atomic E-state index is 2.34. The van der Waals surface area contributed by atoms with Gasteiger partial charge in [0.15, 0.2) is 0 Å². The SMILES string of the molecule is CC(C)=C(C)c1c(C)cc(C(C)(C)C)cc1C. The van der Waals surface area contributed by atoms with Crippen molar-refractivity contribution in [3.8, 4) is 0 Å². The molecule has 0 bridgehead atoms. The summed E-state index contributed by atoms with van der Waals surface area (Å²) >= 11 is 0. The quantitative estimate of drug-likeness (QED) is 0.604. The predicted octanol–water partition coefficient (Wildman–Crippen LogP) is 5.41. The third kappa shape index (κ3) is 3.00. The minimum atomic E-state index is 0.229. The van der Waals surface area contributed by atoms with Crippen LogP contribution >= 0.6 is 0 Å². The van der Waals surface area contributed by atoms with Gasteiger partial charge in [-0.3, -0.25) is 0 Å². The number of hydrogen-bond acceptors (Lipinski definition) is 0. The number of benzene rings is 1. The molecule has 0 unspecified atom stereocenters. The van der Waals surface area contributed by atoms with E-state index in [2.05, 4.69) is 67.5 Å². The van der Waals surface area contributed by atoms with E-state index in [1.54, 1.807) is 0 Å². The molecule has 0 saturated heterocycles. The van der Waals surface area contributed by atoms with Gasteiger partial charge in [-0.1, -0.05) is 38.5 Å². The maximum Gasteiger partial charge on any atom is -0.0132 e. The molecule has 0 atom stereocenters. The van der Waals surface area contributed by atoms with E-state index < -0.39 is 0 Å². The van der Waals surface area contributed by atoms with Crippen LogP contribution in [0.4, 0.5) is 0 Å². The summed E-state index contributed by atoms with van der Waals surface area (Å²) in [7, 11) is 0. The molecule has 0 heteroatoms. The summed E-state index contributed by atoms with van der Waals surface area (Å²) in [4.78, 5) is 0. The molecule has 1 aromatic carbocycles. The molecule has 1 rings (SSSR count). The van der Waals surface area contributed by atoms with Crippen molar-refractivity contribution in [3.63, 3.8) is 0 Å². The first-order chi connectivity index (χ1) is 7.64. The summed E-state index contributed by atoms with van der Waals surface area (Å²) < 4.78 is 0. The molecule has 94 valence electrons. The third-order valence-corrected chi connectivity index (χ3v) is 3.52. The lowest BCUT2D eigenvalue weighted by molar-refractivity contribution is 0.589. The Kier molecular flexibility index (Phi) is 3.86. The van der Waals surface area contributed by atoms with Crippen LogP contribution in [0.15, 0.2) is 17.7 Å². The first kappa shape index (κ1) is 14.0. The summed E-state index contributed by atoms with van der Waals surface area (Å²) in [5, 5.41) is 0. The zero-order valence-corrected chi connectivity index (χ0v) is 12.7. The second-order valence-electron chi connectivity index (χ2n) is 6.36. The highest BCUT2D eigenvalue weighted by Crippen LogP contribution is 2.31. The molecule has 0 amide bonds. The van der Waals surface area contributed by atoms with Crippen molar-refractivity contribution >= 4 is 5.57 Å². The summed E-state index contributed by atoms with van der Waals surface area (Å²) in [6, 6.07) is 4.68. The maximum atomic E-state index is 2.34. The largest absolute Gasteiger partial charge is 0.0729 e. The molecule has 0 spiro atoms. The molecule has 1 aromatic rings. The monoisotopic (exact) mass is 230 g/mol. The Hall–Kier alpha value is -1.04. The Morgan fingerprint density at radius 3 is 1.59 bits per heavy atom. The molecule has 0 N–H and O–H groups in total. The van der Waals surface area contributed by atoms with E-state index in [0.717, 1.165) is 0 Å². The highest BCUT2D eigenvalue weighted by atomic mass is 14.2. The van der Waals surface area contributed by atoms with Crippen molar-refractivity contribution in [1.29, 1.82) is 0 Å². The average molecular weight is 230 g/mol. The molecule has 0 saturated carbocycles. The van der Waals surface area contributed by atoms with E-state index in [-0.39, 0.29) is 5.41 Å². The van der Waals surface area contributed by atoms with Crippen LogP contribution < -0.4 is 0 Å². The fourth-order valence-electron chi connectivity index (χ4n) is 2.24. The van der Waals surface area contributed by atoms with E-state index in [4.69, 9.17) is 0 Å². The molecule has 0 aliphatic heterocycles. The zero-order valence-electron chi connectivity index (χ0n) is 12.7. The van der Waals surface area contributed by atoms with Crippen molar-refractivity contribution < 1.29 is 0 Å². The van der Waals surface area contributed by atoms with Crippen LogP contribution in [0.25, 0.3) is 5.57 Å². The van der Waals surface area contributed by atoms with Crippen LogP contribution in [0, 0.1) is 13.8 Å². The molecule has 0 heterocycles. The molecule has 0 fully saturated rings. The lowest BCUT2D eigenvalue weighted by Crippen LogP contribution is -2.12. The second kappa shape index (κ2) is 4.68. The van der Waals surface area contributed by atoms with Gasteiger partial charge in [-0.05, 0) is 67.9 Å². The van der Waals surface area contributed by atoms with Gasteiger partial charge in [-0.25, -0.2) is 0 Å². The van der Waals surface area contributed by atoms with Gasteiger partial charge < -0.3 is 0 Å². The van der Waals surface area contributed by atoms with Crippen molar-refractivity contribution in [2.24, 2.45) is 0 Å². The van der Waals surface area contributed by atoms with Gasteiger partial charge in [0.1, 0.15) is 0 Å². The average Bonchev–Trinajstić information content (AvgIpc) is 2.14. The highest BCUT2D eigenvalue weighted by molar-refractivity contribution is 5.71. The van der Waals surface area contributed by atoms with Crippen molar-refractivity contribution in [3.05, 3.63) is 40.0 Å². The van der Waals surface area contributed by atoms with E-state index >= 15 is 0 Å². The molecular formula is C17H26. The first-order valence-corrected chi connectivity index (χ1v) is 6.40.